The fraction of sp³-hybridized carbons (Fsp3) is 0.438. The maximum atomic E-state index is 12.0. The molecule has 3 rings (SSSR count). The first-order valence-electron chi connectivity index (χ1n) is 7.83. The summed E-state index contributed by atoms with van der Waals surface area (Å²) in [7, 11) is -2.98. The van der Waals surface area contributed by atoms with Gasteiger partial charge in [0.05, 0.1) is 28.6 Å². The molecular weight excluding hydrogens is 346 g/mol. The second kappa shape index (κ2) is 7.40. The van der Waals surface area contributed by atoms with Crippen molar-refractivity contribution in [1.29, 1.82) is 0 Å². The standard InChI is InChI=1S/C16H19N3O3S2/c20-15(18-13-6-8-24(21,22)11-13)9-14-10-23-16(19-14)5-4-12-3-1-2-7-17-12/h1-3,7,10,13H,4-6,8-9,11H2,(H,18,20). The maximum absolute atomic E-state index is 12.0. The second-order valence-corrected chi connectivity index (χ2v) is 9.07. The molecule has 1 fully saturated rings. The molecule has 2 aromatic heterocycles. The lowest BCUT2D eigenvalue weighted by molar-refractivity contribution is -0.121. The van der Waals surface area contributed by atoms with Crippen LogP contribution in [-0.2, 0) is 33.9 Å². The van der Waals surface area contributed by atoms with Crippen LogP contribution in [-0.4, -0.2) is 41.8 Å². The van der Waals surface area contributed by atoms with Crippen molar-refractivity contribution >= 4 is 27.1 Å². The molecule has 0 spiro atoms. The van der Waals surface area contributed by atoms with Crippen molar-refractivity contribution in [1.82, 2.24) is 15.3 Å². The molecule has 1 atom stereocenters. The quantitative estimate of drug-likeness (QED) is 0.830. The smallest absolute Gasteiger partial charge is 0.226 e. The highest BCUT2D eigenvalue weighted by Gasteiger charge is 2.28. The molecule has 0 bridgehead atoms. The zero-order chi connectivity index (χ0) is 17.0. The fourth-order valence-electron chi connectivity index (χ4n) is 2.68. The van der Waals surface area contributed by atoms with Gasteiger partial charge in [0.25, 0.3) is 0 Å². The highest BCUT2D eigenvalue weighted by molar-refractivity contribution is 7.91. The van der Waals surface area contributed by atoms with Gasteiger partial charge in [-0.1, -0.05) is 6.07 Å². The van der Waals surface area contributed by atoms with Gasteiger partial charge in [-0.3, -0.25) is 9.78 Å². The Balaban J connectivity index is 1.48. The fourth-order valence-corrected chi connectivity index (χ4v) is 5.15. The molecule has 24 heavy (non-hydrogen) atoms. The van der Waals surface area contributed by atoms with E-state index in [2.05, 4.69) is 15.3 Å². The minimum atomic E-state index is -2.98. The van der Waals surface area contributed by atoms with Gasteiger partial charge in [-0.25, -0.2) is 13.4 Å². The zero-order valence-corrected chi connectivity index (χ0v) is 14.8. The maximum Gasteiger partial charge on any atom is 0.226 e. The summed E-state index contributed by atoms with van der Waals surface area (Å²) in [6, 6.07) is 5.57. The molecule has 0 aliphatic carbocycles. The molecule has 1 aliphatic heterocycles. The first-order valence-corrected chi connectivity index (χ1v) is 10.5. The number of hydrogen-bond acceptors (Lipinski definition) is 6. The number of rotatable bonds is 6. The van der Waals surface area contributed by atoms with Crippen molar-refractivity contribution in [2.24, 2.45) is 0 Å². The van der Waals surface area contributed by atoms with Crippen molar-refractivity contribution in [2.75, 3.05) is 11.5 Å². The van der Waals surface area contributed by atoms with Crippen LogP contribution in [0.4, 0.5) is 0 Å². The zero-order valence-electron chi connectivity index (χ0n) is 13.1. The molecule has 1 aliphatic rings. The number of nitrogens with zero attached hydrogens (tertiary/aromatic N) is 2. The number of carbonyl (C=O) groups is 1. The Morgan fingerprint density at radius 3 is 2.88 bits per heavy atom. The molecule has 3 heterocycles. The average molecular weight is 365 g/mol. The monoisotopic (exact) mass is 365 g/mol. The summed E-state index contributed by atoms with van der Waals surface area (Å²) in [5.41, 5.74) is 1.75. The van der Waals surface area contributed by atoms with Crippen molar-refractivity contribution in [3.63, 3.8) is 0 Å². The third-order valence-electron chi connectivity index (χ3n) is 3.86. The Bertz CT molecular complexity index is 803. The molecule has 1 amide bonds. The first kappa shape index (κ1) is 17.0. The van der Waals surface area contributed by atoms with Gasteiger partial charge < -0.3 is 5.32 Å². The van der Waals surface area contributed by atoms with E-state index in [0.29, 0.717) is 6.42 Å². The molecule has 0 saturated carbocycles. The van der Waals surface area contributed by atoms with Crippen LogP contribution in [0.25, 0.3) is 0 Å². The third kappa shape index (κ3) is 4.85. The SMILES string of the molecule is O=C(Cc1csc(CCc2ccccn2)n1)NC1CCS(=O)(=O)C1. The van der Waals surface area contributed by atoms with Crippen LogP contribution >= 0.6 is 11.3 Å². The Hall–Kier alpha value is -1.80. The third-order valence-corrected chi connectivity index (χ3v) is 6.59. The van der Waals surface area contributed by atoms with E-state index >= 15 is 0 Å². The number of carbonyl (C=O) groups excluding carboxylic acids is 1. The number of amides is 1. The molecule has 1 unspecified atom stereocenters. The van der Waals surface area contributed by atoms with E-state index in [0.717, 1.165) is 29.2 Å². The molecule has 2 aromatic rings. The summed E-state index contributed by atoms with van der Waals surface area (Å²) in [6.45, 7) is 0. The molecule has 8 heteroatoms. The van der Waals surface area contributed by atoms with Crippen LogP contribution in [0.2, 0.25) is 0 Å². The number of nitrogens with one attached hydrogen (secondary N) is 1. The summed E-state index contributed by atoms with van der Waals surface area (Å²) in [4.78, 5) is 20.8. The van der Waals surface area contributed by atoms with Gasteiger partial charge in [0.1, 0.15) is 0 Å². The van der Waals surface area contributed by atoms with Crippen molar-refractivity contribution in [2.45, 2.75) is 31.7 Å². The number of aromatic nitrogens is 2. The second-order valence-electron chi connectivity index (χ2n) is 5.90. The highest BCUT2D eigenvalue weighted by Crippen LogP contribution is 2.14. The molecule has 0 aromatic carbocycles. The van der Waals surface area contributed by atoms with E-state index in [9.17, 15) is 13.2 Å². The first-order chi connectivity index (χ1) is 11.5. The molecule has 6 nitrogen and oxygen atoms in total. The lowest BCUT2D eigenvalue weighted by Crippen LogP contribution is -2.36. The Morgan fingerprint density at radius 1 is 1.29 bits per heavy atom. The van der Waals surface area contributed by atoms with E-state index in [4.69, 9.17) is 0 Å². The number of aryl methyl sites for hydroxylation is 2. The van der Waals surface area contributed by atoms with E-state index < -0.39 is 9.84 Å². The summed E-state index contributed by atoms with van der Waals surface area (Å²) >= 11 is 1.54. The van der Waals surface area contributed by atoms with Crippen LogP contribution < -0.4 is 5.32 Å². The highest BCUT2D eigenvalue weighted by atomic mass is 32.2. The minimum absolute atomic E-state index is 0.0468. The van der Waals surface area contributed by atoms with E-state index in [1.165, 1.54) is 11.3 Å². The summed E-state index contributed by atoms with van der Waals surface area (Å²) in [5, 5.41) is 5.65. The Kier molecular flexibility index (Phi) is 5.25. The van der Waals surface area contributed by atoms with Gasteiger partial charge in [-0.15, -0.1) is 11.3 Å². The van der Waals surface area contributed by atoms with E-state index in [-0.39, 0.29) is 29.9 Å². The minimum Gasteiger partial charge on any atom is -0.352 e. The van der Waals surface area contributed by atoms with Crippen LogP contribution in [0.1, 0.15) is 22.8 Å². The summed E-state index contributed by atoms with van der Waals surface area (Å²) < 4.78 is 22.8. The average Bonchev–Trinajstić information content (AvgIpc) is 3.12. The molecule has 128 valence electrons. The molecule has 1 saturated heterocycles. The van der Waals surface area contributed by atoms with E-state index in [1.54, 1.807) is 6.20 Å². The molecule has 0 radical (unpaired) electrons. The van der Waals surface area contributed by atoms with Gasteiger partial charge in [-0.2, -0.15) is 0 Å². The summed E-state index contributed by atoms with van der Waals surface area (Å²) in [5.74, 6) is 0.0379. The largest absolute Gasteiger partial charge is 0.352 e. The van der Waals surface area contributed by atoms with Gasteiger partial charge in [0.2, 0.25) is 5.91 Å². The van der Waals surface area contributed by atoms with Crippen LogP contribution in [0.15, 0.2) is 29.8 Å². The topological polar surface area (TPSA) is 89.0 Å². The van der Waals surface area contributed by atoms with E-state index in [1.807, 2.05) is 23.6 Å². The van der Waals surface area contributed by atoms with Crippen LogP contribution in [0.3, 0.4) is 0 Å². The van der Waals surface area contributed by atoms with Crippen molar-refractivity contribution in [3.8, 4) is 0 Å². The van der Waals surface area contributed by atoms with Gasteiger partial charge in [0, 0.05) is 29.7 Å². The predicted octanol–water partition coefficient (Wildman–Crippen LogP) is 1.17. The number of thiazole rings is 1. The Labute approximate surface area is 145 Å². The summed E-state index contributed by atoms with van der Waals surface area (Å²) in [6.07, 6.45) is 4.08. The number of pyridine rings is 1. The predicted molar refractivity (Wildman–Crippen MR) is 92.7 cm³/mol. The number of sulfone groups is 1. The van der Waals surface area contributed by atoms with Gasteiger partial charge in [0.15, 0.2) is 9.84 Å². The molecule has 1 N–H and O–H groups in total. The molecular formula is C16H19N3O3S2. The number of hydrogen-bond donors (Lipinski definition) is 1. The lowest BCUT2D eigenvalue weighted by atomic mass is 10.2. The van der Waals surface area contributed by atoms with Gasteiger partial charge >= 0.3 is 0 Å². The Morgan fingerprint density at radius 2 is 2.17 bits per heavy atom. The van der Waals surface area contributed by atoms with Gasteiger partial charge in [-0.05, 0) is 25.0 Å². The van der Waals surface area contributed by atoms with Crippen molar-refractivity contribution < 1.29 is 13.2 Å². The normalized spacial score (nSPS) is 19.2. The van der Waals surface area contributed by atoms with Crippen molar-refractivity contribution in [3.05, 3.63) is 46.2 Å². The lowest BCUT2D eigenvalue weighted by Gasteiger charge is -2.09. The van der Waals surface area contributed by atoms with Crippen LogP contribution in [0.5, 0.6) is 0 Å². The van der Waals surface area contributed by atoms with Crippen LogP contribution in [0, 0.1) is 0 Å².